The number of hydrogen-bond acceptors (Lipinski definition) is 4. The van der Waals surface area contributed by atoms with Crippen molar-refractivity contribution in [2.24, 2.45) is 0 Å². The minimum absolute atomic E-state index is 0.0346. The summed E-state index contributed by atoms with van der Waals surface area (Å²) in [5.41, 5.74) is 1.05. The Morgan fingerprint density at radius 1 is 1.23 bits per heavy atom. The third-order valence-electron chi connectivity index (χ3n) is 3.27. The van der Waals surface area contributed by atoms with E-state index in [1.54, 1.807) is 24.3 Å². The lowest BCUT2D eigenvalue weighted by Crippen LogP contribution is -2.09. The van der Waals surface area contributed by atoms with Crippen molar-refractivity contribution < 1.29 is 13.2 Å². The molecule has 1 aromatic carbocycles. The summed E-state index contributed by atoms with van der Waals surface area (Å²) in [5, 5.41) is 0.237. The molecule has 0 radical (unpaired) electrons. The van der Waals surface area contributed by atoms with Gasteiger partial charge in [-0.2, -0.15) is 0 Å². The summed E-state index contributed by atoms with van der Waals surface area (Å²) < 4.78 is 24.0. The van der Waals surface area contributed by atoms with Crippen LogP contribution in [-0.4, -0.2) is 25.4 Å². The summed E-state index contributed by atoms with van der Waals surface area (Å²) >= 11 is 5.98. The summed E-state index contributed by atoms with van der Waals surface area (Å²) in [6.45, 7) is 3.81. The van der Waals surface area contributed by atoms with Crippen molar-refractivity contribution in [1.82, 2.24) is 4.98 Å². The Morgan fingerprint density at radius 2 is 1.91 bits per heavy atom. The number of aromatic nitrogens is 1. The van der Waals surface area contributed by atoms with Crippen LogP contribution >= 0.6 is 11.6 Å². The smallest absolute Gasteiger partial charge is 0.212 e. The maximum absolute atomic E-state index is 12.5. The molecule has 4 nitrogen and oxygen atoms in total. The maximum atomic E-state index is 12.5. The number of pyridine rings is 1. The Morgan fingerprint density at radius 3 is 2.45 bits per heavy atom. The van der Waals surface area contributed by atoms with Crippen LogP contribution in [0.4, 0.5) is 0 Å². The van der Waals surface area contributed by atoms with Crippen molar-refractivity contribution in [2.75, 3.05) is 6.26 Å². The van der Waals surface area contributed by atoms with E-state index in [4.69, 9.17) is 11.6 Å². The largest absolute Gasteiger partial charge is 0.287 e. The molecule has 0 aliphatic rings. The number of benzene rings is 1. The van der Waals surface area contributed by atoms with E-state index in [2.05, 4.69) is 4.98 Å². The van der Waals surface area contributed by atoms with Crippen LogP contribution in [0.3, 0.4) is 0 Å². The molecule has 2 aromatic rings. The molecule has 6 heteroatoms. The minimum Gasteiger partial charge on any atom is -0.287 e. The highest BCUT2D eigenvalue weighted by atomic mass is 35.5. The van der Waals surface area contributed by atoms with Crippen LogP contribution in [0.15, 0.2) is 41.4 Å². The highest BCUT2D eigenvalue weighted by Crippen LogP contribution is 2.26. The van der Waals surface area contributed by atoms with Gasteiger partial charge in [-0.3, -0.25) is 9.78 Å². The lowest BCUT2D eigenvalue weighted by Gasteiger charge is -2.13. The van der Waals surface area contributed by atoms with Crippen LogP contribution in [0, 0.1) is 0 Å². The first-order valence-electron chi connectivity index (χ1n) is 6.71. The molecule has 0 N–H and O–H groups in total. The average Bonchev–Trinajstić information content (AvgIpc) is 2.45. The molecule has 0 bridgehead atoms. The van der Waals surface area contributed by atoms with E-state index in [0.717, 1.165) is 6.26 Å². The first-order valence-corrected chi connectivity index (χ1v) is 8.98. The molecule has 0 saturated heterocycles. The van der Waals surface area contributed by atoms with Crippen LogP contribution in [0.1, 0.15) is 41.4 Å². The Labute approximate surface area is 135 Å². The van der Waals surface area contributed by atoms with Crippen molar-refractivity contribution in [3.63, 3.8) is 0 Å². The molecule has 0 amide bonds. The Balaban J connectivity index is 2.59. The molecule has 0 aliphatic carbocycles. The summed E-state index contributed by atoms with van der Waals surface area (Å²) in [6, 6.07) is 7.88. The standard InChI is InChI=1S/C16H16ClNO3S/c1-10(2)12-7-6-11(9-14(12)22(3,20)21)16(19)15-13(17)5-4-8-18-15/h4-10H,1-3H3. The van der Waals surface area contributed by atoms with Gasteiger partial charge in [0.15, 0.2) is 9.84 Å². The first kappa shape index (κ1) is 16.6. The normalized spacial score (nSPS) is 11.7. The lowest BCUT2D eigenvalue weighted by molar-refractivity contribution is 0.103. The van der Waals surface area contributed by atoms with Crippen LogP contribution < -0.4 is 0 Å². The Hall–Kier alpha value is -1.72. The van der Waals surface area contributed by atoms with Crippen molar-refractivity contribution in [3.8, 4) is 0 Å². The van der Waals surface area contributed by atoms with Gasteiger partial charge < -0.3 is 0 Å². The molecular weight excluding hydrogens is 322 g/mol. The predicted molar refractivity (Wildman–Crippen MR) is 86.3 cm³/mol. The second-order valence-electron chi connectivity index (χ2n) is 5.34. The van der Waals surface area contributed by atoms with Gasteiger partial charge in [-0.15, -0.1) is 0 Å². The fourth-order valence-electron chi connectivity index (χ4n) is 2.16. The lowest BCUT2D eigenvalue weighted by atomic mass is 9.99. The summed E-state index contributed by atoms with van der Waals surface area (Å²) in [7, 11) is -3.43. The van der Waals surface area contributed by atoms with Crippen molar-refractivity contribution in [2.45, 2.75) is 24.7 Å². The molecule has 0 spiro atoms. The fraction of sp³-hybridized carbons (Fsp3) is 0.250. The Kier molecular flexibility index (Phi) is 4.68. The molecular formula is C16H16ClNO3S. The molecule has 0 atom stereocenters. The zero-order valence-corrected chi connectivity index (χ0v) is 14.1. The van der Waals surface area contributed by atoms with Gasteiger partial charge in [0.05, 0.1) is 9.92 Å². The minimum atomic E-state index is -3.43. The van der Waals surface area contributed by atoms with E-state index in [0.29, 0.717) is 5.56 Å². The number of halogens is 1. The molecule has 0 aliphatic heterocycles. The third kappa shape index (κ3) is 3.36. The first-order chi connectivity index (χ1) is 10.2. The van der Waals surface area contributed by atoms with Crippen LogP contribution in [0.5, 0.6) is 0 Å². The summed E-state index contributed by atoms with van der Waals surface area (Å²) in [5.74, 6) is -0.363. The Bertz CT molecular complexity index is 829. The number of ketones is 1. The average molecular weight is 338 g/mol. The zero-order valence-electron chi connectivity index (χ0n) is 12.5. The monoisotopic (exact) mass is 337 g/mol. The molecule has 0 unspecified atom stereocenters. The number of hydrogen-bond donors (Lipinski definition) is 0. The van der Waals surface area contributed by atoms with Gasteiger partial charge in [0.25, 0.3) is 0 Å². The number of carbonyl (C=O) groups is 1. The van der Waals surface area contributed by atoms with Gasteiger partial charge in [-0.1, -0.05) is 37.6 Å². The number of rotatable bonds is 4. The van der Waals surface area contributed by atoms with Crippen molar-refractivity contribution in [1.29, 1.82) is 0 Å². The van der Waals surface area contributed by atoms with Gasteiger partial charge in [-0.05, 0) is 29.7 Å². The molecule has 1 aromatic heterocycles. The van der Waals surface area contributed by atoms with E-state index in [9.17, 15) is 13.2 Å². The molecule has 1 heterocycles. The second-order valence-corrected chi connectivity index (χ2v) is 7.73. The molecule has 0 fully saturated rings. The zero-order chi connectivity index (χ0) is 16.5. The quantitative estimate of drug-likeness (QED) is 0.801. The van der Waals surface area contributed by atoms with Gasteiger partial charge in [-0.25, -0.2) is 8.42 Å². The van der Waals surface area contributed by atoms with E-state index in [1.165, 1.54) is 12.3 Å². The van der Waals surface area contributed by atoms with E-state index in [-0.39, 0.29) is 27.1 Å². The second kappa shape index (κ2) is 6.18. The van der Waals surface area contributed by atoms with E-state index >= 15 is 0 Å². The molecule has 116 valence electrons. The van der Waals surface area contributed by atoms with Gasteiger partial charge in [0.2, 0.25) is 5.78 Å². The summed E-state index contributed by atoms with van der Waals surface area (Å²) in [6.07, 6.45) is 2.61. The van der Waals surface area contributed by atoms with Gasteiger partial charge in [0, 0.05) is 18.0 Å². The van der Waals surface area contributed by atoms with E-state index in [1.807, 2.05) is 13.8 Å². The fourth-order valence-corrected chi connectivity index (χ4v) is 3.44. The highest BCUT2D eigenvalue weighted by Gasteiger charge is 2.20. The molecule has 0 saturated carbocycles. The van der Waals surface area contributed by atoms with Gasteiger partial charge in [0.1, 0.15) is 5.69 Å². The molecule has 2 rings (SSSR count). The van der Waals surface area contributed by atoms with Crippen LogP contribution in [0.25, 0.3) is 0 Å². The van der Waals surface area contributed by atoms with Crippen LogP contribution in [0.2, 0.25) is 5.02 Å². The third-order valence-corrected chi connectivity index (χ3v) is 4.73. The van der Waals surface area contributed by atoms with Gasteiger partial charge >= 0.3 is 0 Å². The maximum Gasteiger partial charge on any atom is 0.212 e. The van der Waals surface area contributed by atoms with Crippen molar-refractivity contribution >= 4 is 27.2 Å². The number of nitrogens with zero attached hydrogens (tertiary/aromatic N) is 1. The van der Waals surface area contributed by atoms with E-state index < -0.39 is 15.6 Å². The number of sulfone groups is 1. The van der Waals surface area contributed by atoms with Crippen molar-refractivity contribution in [3.05, 3.63) is 58.4 Å². The molecule has 22 heavy (non-hydrogen) atoms. The van der Waals surface area contributed by atoms with Crippen LogP contribution in [-0.2, 0) is 9.84 Å². The SMILES string of the molecule is CC(C)c1ccc(C(=O)c2ncccc2Cl)cc1S(C)(=O)=O. The topological polar surface area (TPSA) is 64.1 Å². The number of carbonyl (C=O) groups excluding carboxylic acids is 1. The summed E-state index contributed by atoms with van der Waals surface area (Å²) in [4.78, 5) is 16.6. The highest BCUT2D eigenvalue weighted by molar-refractivity contribution is 7.90. The predicted octanol–water partition coefficient (Wildman–Crippen LogP) is 3.49.